The summed E-state index contributed by atoms with van der Waals surface area (Å²) in [4.78, 5) is 15.6. The fraction of sp³-hybridized carbons (Fsp3) is 0.667. The van der Waals surface area contributed by atoms with Crippen LogP contribution in [0.2, 0.25) is 0 Å². The molecule has 2 aliphatic rings. The average molecular weight is 317 g/mol. The fourth-order valence-electron chi connectivity index (χ4n) is 4.25. The first-order valence-corrected chi connectivity index (χ1v) is 9.25. The van der Waals surface area contributed by atoms with Gasteiger partial charge < -0.3 is 0 Å². The number of aromatic nitrogens is 2. The van der Waals surface area contributed by atoms with Crippen molar-refractivity contribution in [3.05, 3.63) is 26.6 Å². The van der Waals surface area contributed by atoms with Crippen molar-refractivity contribution in [2.75, 3.05) is 0 Å². The largest absolute Gasteiger partial charge is 0.346 e. The molecule has 0 spiro atoms. The molecule has 0 radical (unpaired) electrons. The van der Waals surface area contributed by atoms with Crippen molar-refractivity contribution in [2.24, 2.45) is 18.4 Å². The molecule has 1 aliphatic carbocycles. The quantitative estimate of drug-likeness (QED) is 0.686. The van der Waals surface area contributed by atoms with E-state index in [0.29, 0.717) is 5.41 Å². The van der Waals surface area contributed by atoms with E-state index in [-0.39, 0.29) is 5.56 Å². The van der Waals surface area contributed by atoms with Crippen molar-refractivity contribution >= 4 is 21.6 Å². The van der Waals surface area contributed by atoms with Crippen LogP contribution in [0, 0.1) is 11.3 Å². The Morgan fingerprint density at radius 2 is 2.05 bits per heavy atom. The molecule has 1 aliphatic heterocycles. The highest BCUT2D eigenvalue weighted by Gasteiger charge is 2.35. The fourth-order valence-corrected chi connectivity index (χ4v) is 5.65. The lowest BCUT2D eigenvalue weighted by Crippen LogP contribution is -2.40. The van der Waals surface area contributed by atoms with Crippen LogP contribution in [0.25, 0.3) is 10.2 Å². The van der Waals surface area contributed by atoms with Crippen molar-refractivity contribution in [1.82, 2.24) is 4.57 Å². The van der Waals surface area contributed by atoms with Crippen LogP contribution in [-0.4, -0.2) is 4.57 Å². The minimum absolute atomic E-state index is 0.271. The van der Waals surface area contributed by atoms with Crippen molar-refractivity contribution in [3.63, 3.8) is 0 Å². The molecule has 2 aromatic rings. The van der Waals surface area contributed by atoms with Gasteiger partial charge in [-0.3, -0.25) is 0 Å². The first-order chi connectivity index (χ1) is 10.4. The number of nitrogens with zero attached hydrogens (tertiary/aromatic N) is 2. The number of rotatable bonds is 0. The average Bonchev–Trinajstić information content (AvgIpc) is 3.08. The SMILES string of the molecule is C[n+]1c2n(c(=O)c3c4c(sc31)CC(C(C)(C)C)CC4)CCC2. The van der Waals surface area contributed by atoms with E-state index in [1.54, 1.807) is 0 Å². The number of hydrogen-bond donors (Lipinski definition) is 0. The molecule has 0 fully saturated rings. The molecular weight excluding hydrogens is 292 g/mol. The third-order valence-corrected chi connectivity index (χ3v) is 7.05. The highest BCUT2D eigenvalue weighted by atomic mass is 32.1. The van der Waals surface area contributed by atoms with Gasteiger partial charge >= 0.3 is 5.56 Å². The Labute approximate surface area is 135 Å². The molecule has 0 aromatic carbocycles. The molecule has 1 unspecified atom stereocenters. The van der Waals surface area contributed by atoms with E-state index in [2.05, 4.69) is 32.4 Å². The molecule has 0 saturated heterocycles. The minimum atomic E-state index is 0.271. The lowest BCUT2D eigenvalue weighted by molar-refractivity contribution is -0.654. The Bertz CT molecular complexity index is 822. The van der Waals surface area contributed by atoms with Gasteiger partial charge in [-0.2, -0.15) is 4.57 Å². The second-order valence-corrected chi connectivity index (χ2v) is 9.11. The topological polar surface area (TPSA) is 25.9 Å². The smallest absolute Gasteiger partial charge is 0.241 e. The van der Waals surface area contributed by atoms with Crippen molar-refractivity contribution in [2.45, 2.75) is 59.4 Å². The summed E-state index contributed by atoms with van der Waals surface area (Å²) in [5.41, 5.74) is 1.99. The van der Waals surface area contributed by atoms with Crippen LogP contribution in [0.3, 0.4) is 0 Å². The zero-order chi connectivity index (χ0) is 15.6. The normalized spacial score (nSPS) is 21.2. The molecule has 1 atom stereocenters. The first kappa shape index (κ1) is 14.4. The number of aryl methyl sites for hydroxylation is 2. The monoisotopic (exact) mass is 317 g/mol. The van der Waals surface area contributed by atoms with Crippen LogP contribution in [0.1, 0.15) is 49.9 Å². The zero-order valence-corrected chi connectivity index (χ0v) is 14.8. The lowest BCUT2D eigenvalue weighted by atomic mass is 9.72. The summed E-state index contributed by atoms with van der Waals surface area (Å²) in [6.07, 6.45) is 5.58. The zero-order valence-electron chi connectivity index (χ0n) is 14.0. The maximum Gasteiger partial charge on any atom is 0.346 e. The second-order valence-electron chi connectivity index (χ2n) is 8.03. The van der Waals surface area contributed by atoms with Crippen LogP contribution in [0.5, 0.6) is 0 Å². The van der Waals surface area contributed by atoms with Crippen molar-refractivity contribution in [1.29, 1.82) is 0 Å². The summed E-state index contributed by atoms with van der Waals surface area (Å²) in [6.45, 7) is 7.94. The molecule has 0 amide bonds. The van der Waals surface area contributed by atoms with E-state index in [1.165, 1.54) is 27.5 Å². The van der Waals surface area contributed by atoms with Crippen LogP contribution >= 0.6 is 11.3 Å². The second kappa shape index (κ2) is 4.67. The number of hydrogen-bond acceptors (Lipinski definition) is 2. The van der Waals surface area contributed by atoms with Gasteiger partial charge in [0.2, 0.25) is 0 Å². The summed E-state index contributed by atoms with van der Waals surface area (Å²) in [5, 5.41) is 1.03. The summed E-state index contributed by atoms with van der Waals surface area (Å²) >= 11 is 1.88. The Morgan fingerprint density at radius 1 is 1.27 bits per heavy atom. The molecule has 4 heteroatoms. The highest BCUT2D eigenvalue weighted by Crippen LogP contribution is 2.41. The van der Waals surface area contributed by atoms with Crippen LogP contribution in [0.4, 0.5) is 0 Å². The van der Waals surface area contributed by atoms with Gasteiger partial charge in [-0.1, -0.05) is 32.1 Å². The van der Waals surface area contributed by atoms with Crippen LogP contribution in [0.15, 0.2) is 4.79 Å². The van der Waals surface area contributed by atoms with Crippen LogP contribution in [-0.2, 0) is 32.9 Å². The predicted molar refractivity (Wildman–Crippen MR) is 90.6 cm³/mol. The van der Waals surface area contributed by atoms with E-state index in [1.807, 2.05) is 15.9 Å². The first-order valence-electron chi connectivity index (χ1n) is 8.44. The lowest BCUT2D eigenvalue weighted by Gasteiger charge is -2.33. The predicted octanol–water partition coefficient (Wildman–Crippen LogP) is 2.98. The molecule has 0 bridgehead atoms. The van der Waals surface area contributed by atoms with E-state index >= 15 is 0 Å². The molecule has 118 valence electrons. The Balaban J connectivity index is 1.93. The molecule has 3 heterocycles. The third kappa shape index (κ3) is 1.92. The Kier molecular flexibility index (Phi) is 3.06. The third-order valence-electron chi connectivity index (χ3n) is 5.72. The van der Waals surface area contributed by atoms with E-state index < -0.39 is 0 Å². The van der Waals surface area contributed by atoms with Gasteiger partial charge in [0.05, 0.1) is 20.0 Å². The van der Waals surface area contributed by atoms with Crippen molar-refractivity contribution in [3.8, 4) is 0 Å². The number of thiophene rings is 1. The van der Waals surface area contributed by atoms with Gasteiger partial charge in [0.15, 0.2) is 4.83 Å². The maximum atomic E-state index is 12.9. The minimum Gasteiger partial charge on any atom is -0.241 e. The van der Waals surface area contributed by atoms with Crippen LogP contribution < -0.4 is 10.1 Å². The van der Waals surface area contributed by atoms with Crippen molar-refractivity contribution < 1.29 is 4.57 Å². The van der Waals surface area contributed by atoms with E-state index in [4.69, 9.17) is 0 Å². The van der Waals surface area contributed by atoms with E-state index in [0.717, 1.165) is 43.5 Å². The Morgan fingerprint density at radius 3 is 2.77 bits per heavy atom. The molecular formula is C18H25N2OS+. The van der Waals surface area contributed by atoms with Gasteiger partial charge in [0, 0.05) is 4.88 Å². The number of fused-ring (bicyclic) bond motifs is 4. The summed E-state index contributed by atoms with van der Waals surface area (Å²) in [7, 11) is 2.14. The maximum absolute atomic E-state index is 12.9. The Hall–Kier alpha value is -1.16. The molecule has 3 nitrogen and oxygen atoms in total. The van der Waals surface area contributed by atoms with Gasteiger partial charge in [0.1, 0.15) is 5.39 Å². The summed E-state index contributed by atoms with van der Waals surface area (Å²) in [6, 6.07) is 0. The molecule has 4 rings (SSSR count). The van der Waals surface area contributed by atoms with Gasteiger partial charge in [-0.05, 0) is 42.6 Å². The summed E-state index contributed by atoms with van der Waals surface area (Å²) < 4.78 is 4.31. The van der Waals surface area contributed by atoms with Gasteiger partial charge in [-0.25, -0.2) is 9.36 Å². The summed E-state index contributed by atoms with van der Waals surface area (Å²) in [5.74, 6) is 1.94. The van der Waals surface area contributed by atoms with Gasteiger partial charge in [-0.15, -0.1) is 0 Å². The molecule has 2 aromatic heterocycles. The highest BCUT2D eigenvalue weighted by molar-refractivity contribution is 7.18. The molecule has 0 saturated carbocycles. The van der Waals surface area contributed by atoms with Gasteiger partial charge in [0.25, 0.3) is 5.82 Å². The molecule has 22 heavy (non-hydrogen) atoms. The standard InChI is InChI=1S/C18H25N2OS/c1-18(2,3)11-7-8-12-13(10-11)22-17-15(12)16(21)20-9-5-6-14(20)19(17)4/h11H,5-10H2,1-4H3/q+1. The molecule has 0 N–H and O–H groups in total. The van der Waals surface area contributed by atoms with E-state index in [9.17, 15) is 4.79 Å².